The highest BCUT2D eigenvalue weighted by molar-refractivity contribution is 9.10. The summed E-state index contributed by atoms with van der Waals surface area (Å²) in [6, 6.07) is 7.97. The van der Waals surface area contributed by atoms with Crippen molar-refractivity contribution in [3.63, 3.8) is 0 Å². The van der Waals surface area contributed by atoms with E-state index in [0.29, 0.717) is 12.3 Å². The number of halogens is 1. The fraction of sp³-hybridized carbons (Fsp3) is 0.500. The van der Waals surface area contributed by atoms with Gasteiger partial charge in [-0.15, -0.1) is 0 Å². The lowest BCUT2D eigenvalue weighted by Gasteiger charge is -2.36. The third-order valence-corrected chi connectivity index (χ3v) is 5.83. The molecule has 1 aliphatic heterocycles. The van der Waals surface area contributed by atoms with Gasteiger partial charge < -0.3 is 4.98 Å². The van der Waals surface area contributed by atoms with Crippen LogP contribution in [0.2, 0.25) is 0 Å². The lowest BCUT2D eigenvalue weighted by atomic mass is 9.77. The summed E-state index contributed by atoms with van der Waals surface area (Å²) in [5.41, 5.74) is 1.87. The van der Waals surface area contributed by atoms with Crippen LogP contribution in [0, 0.1) is 5.92 Å². The Labute approximate surface area is 162 Å². The molecule has 1 saturated carbocycles. The lowest BCUT2D eigenvalue weighted by Crippen LogP contribution is -2.39. The molecule has 1 aliphatic carbocycles. The van der Waals surface area contributed by atoms with Crippen LogP contribution in [0.5, 0.6) is 0 Å². The Balaban J connectivity index is 1.60. The number of carbonyl (C=O) groups excluding carboxylic acids is 1. The van der Waals surface area contributed by atoms with Gasteiger partial charge in [0.25, 0.3) is 0 Å². The van der Waals surface area contributed by atoms with E-state index in [1.165, 1.54) is 6.42 Å². The van der Waals surface area contributed by atoms with Gasteiger partial charge in [0.2, 0.25) is 5.91 Å². The highest BCUT2D eigenvalue weighted by Gasteiger charge is 2.52. The number of aromatic nitrogens is 2. The minimum absolute atomic E-state index is 0.0513. The molecular weight excluding hydrogens is 394 g/mol. The van der Waals surface area contributed by atoms with E-state index < -0.39 is 0 Å². The predicted molar refractivity (Wildman–Crippen MR) is 103 cm³/mol. The molecule has 5 nitrogen and oxygen atoms in total. The highest BCUT2D eigenvalue weighted by Crippen LogP contribution is 2.50. The number of hydroxylamine groups is 2. The van der Waals surface area contributed by atoms with Gasteiger partial charge in [0.05, 0.1) is 17.5 Å². The molecule has 6 heteroatoms. The molecule has 1 amide bonds. The zero-order valence-corrected chi connectivity index (χ0v) is 16.8. The van der Waals surface area contributed by atoms with Crippen LogP contribution < -0.4 is 0 Å². The van der Waals surface area contributed by atoms with E-state index in [1.54, 1.807) is 5.06 Å². The maximum Gasteiger partial charge on any atom is 0.247 e. The second-order valence-electron chi connectivity index (χ2n) is 7.85. The van der Waals surface area contributed by atoms with Crippen LogP contribution in [0.15, 0.2) is 34.9 Å². The predicted octanol–water partition coefficient (Wildman–Crippen LogP) is 5.01. The number of aromatic amines is 1. The summed E-state index contributed by atoms with van der Waals surface area (Å²) in [4.78, 5) is 26.9. The Bertz CT molecular complexity index is 796. The number of H-pyrrole nitrogens is 1. The van der Waals surface area contributed by atoms with Crippen molar-refractivity contribution < 1.29 is 9.63 Å². The van der Waals surface area contributed by atoms with Gasteiger partial charge in [-0.2, -0.15) is 0 Å². The first kappa shape index (κ1) is 17.7. The molecule has 2 aliphatic rings. The molecule has 1 aromatic carbocycles. The van der Waals surface area contributed by atoms with Crippen LogP contribution in [0.1, 0.15) is 57.8 Å². The van der Waals surface area contributed by atoms with Crippen molar-refractivity contribution in [1.29, 1.82) is 0 Å². The number of benzene rings is 1. The smallest absolute Gasteiger partial charge is 0.247 e. The largest absolute Gasteiger partial charge is 0.340 e. The van der Waals surface area contributed by atoms with Gasteiger partial charge in [0, 0.05) is 17.3 Å². The zero-order valence-electron chi connectivity index (χ0n) is 15.2. The van der Waals surface area contributed by atoms with Crippen LogP contribution in [0.25, 0.3) is 11.3 Å². The number of nitrogens with zero attached hydrogens (tertiary/aromatic N) is 2. The van der Waals surface area contributed by atoms with Gasteiger partial charge in [0.1, 0.15) is 11.9 Å². The zero-order chi connectivity index (χ0) is 18.3. The van der Waals surface area contributed by atoms with Crippen LogP contribution in [-0.2, 0) is 9.63 Å². The lowest BCUT2D eigenvalue weighted by molar-refractivity contribution is -0.228. The molecule has 0 radical (unpaired) electrons. The summed E-state index contributed by atoms with van der Waals surface area (Å²) in [5.74, 6) is 1.17. The Morgan fingerprint density at radius 1 is 1.38 bits per heavy atom. The van der Waals surface area contributed by atoms with E-state index in [2.05, 4.69) is 39.7 Å². The van der Waals surface area contributed by atoms with Gasteiger partial charge in [-0.25, -0.2) is 10.0 Å². The summed E-state index contributed by atoms with van der Waals surface area (Å²) in [7, 11) is 0. The minimum atomic E-state index is -0.165. The Hall–Kier alpha value is -1.66. The van der Waals surface area contributed by atoms with Crippen molar-refractivity contribution >= 4 is 21.8 Å². The van der Waals surface area contributed by atoms with Crippen LogP contribution in [0.4, 0.5) is 0 Å². The molecule has 1 saturated heterocycles. The summed E-state index contributed by atoms with van der Waals surface area (Å²) in [6.45, 7) is 4.11. The standard InChI is InChI=1S/C20H24BrN3O2/c1-13(2)10-18(25)24-17(11-20(26-24)8-3-9-20)19-22-12-16(23-19)14-4-6-15(21)7-5-14/h4-7,12-13,17H,3,8-11H2,1-2H3,(H,22,23). The Kier molecular flexibility index (Phi) is 4.65. The summed E-state index contributed by atoms with van der Waals surface area (Å²) in [6.07, 6.45) is 6.37. The first-order valence-corrected chi connectivity index (χ1v) is 10.1. The third-order valence-electron chi connectivity index (χ3n) is 5.30. The molecule has 1 N–H and O–H groups in total. The number of amides is 1. The molecule has 2 fully saturated rings. The first-order chi connectivity index (χ1) is 12.5. The fourth-order valence-corrected chi connectivity index (χ4v) is 4.03. The summed E-state index contributed by atoms with van der Waals surface area (Å²) < 4.78 is 1.04. The second-order valence-corrected chi connectivity index (χ2v) is 8.77. The average Bonchev–Trinajstić information content (AvgIpc) is 3.19. The molecule has 138 valence electrons. The molecule has 2 aromatic rings. The highest BCUT2D eigenvalue weighted by atomic mass is 79.9. The van der Waals surface area contributed by atoms with Crippen molar-refractivity contribution in [2.75, 3.05) is 0 Å². The van der Waals surface area contributed by atoms with Crippen molar-refractivity contribution in [3.05, 3.63) is 40.8 Å². The van der Waals surface area contributed by atoms with Gasteiger partial charge in [-0.3, -0.25) is 9.63 Å². The molecule has 1 unspecified atom stereocenters. The third kappa shape index (κ3) is 3.32. The van der Waals surface area contributed by atoms with Crippen LogP contribution in [0.3, 0.4) is 0 Å². The minimum Gasteiger partial charge on any atom is -0.340 e. The summed E-state index contributed by atoms with van der Waals surface area (Å²) >= 11 is 3.46. The summed E-state index contributed by atoms with van der Waals surface area (Å²) in [5, 5.41) is 1.60. The molecular formula is C20H24BrN3O2. The maximum absolute atomic E-state index is 12.7. The van der Waals surface area contributed by atoms with E-state index in [9.17, 15) is 4.79 Å². The topological polar surface area (TPSA) is 58.2 Å². The van der Waals surface area contributed by atoms with Crippen molar-refractivity contribution in [2.24, 2.45) is 5.92 Å². The average molecular weight is 418 g/mol. The number of rotatable bonds is 4. The number of hydrogen-bond donors (Lipinski definition) is 1. The van der Waals surface area contributed by atoms with Gasteiger partial charge in [-0.1, -0.05) is 41.9 Å². The Morgan fingerprint density at radius 3 is 2.73 bits per heavy atom. The van der Waals surface area contributed by atoms with Gasteiger partial charge >= 0.3 is 0 Å². The van der Waals surface area contributed by atoms with Crippen LogP contribution in [-0.4, -0.2) is 26.5 Å². The normalized spacial score (nSPS) is 21.4. The van der Waals surface area contributed by atoms with Crippen molar-refractivity contribution in [1.82, 2.24) is 15.0 Å². The number of hydrogen-bond acceptors (Lipinski definition) is 3. The van der Waals surface area contributed by atoms with Crippen molar-refractivity contribution in [2.45, 2.75) is 57.6 Å². The monoisotopic (exact) mass is 417 g/mol. The van der Waals surface area contributed by atoms with E-state index in [1.807, 2.05) is 30.5 Å². The van der Waals surface area contributed by atoms with Crippen molar-refractivity contribution in [3.8, 4) is 11.3 Å². The molecule has 0 bridgehead atoms. The molecule has 1 aromatic heterocycles. The van der Waals surface area contributed by atoms with E-state index in [4.69, 9.17) is 4.84 Å². The number of nitrogens with one attached hydrogen (secondary N) is 1. The van der Waals surface area contributed by atoms with Crippen LogP contribution >= 0.6 is 15.9 Å². The molecule has 4 rings (SSSR count). The number of imidazole rings is 1. The Morgan fingerprint density at radius 2 is 2.12 bits per heavy atom. The van der Waals surface area contributed by atoms with Gasteiger partial charge in [0.15, 0.2) is 0 Å². The maximum atomic E-state index is 12.7. The SMILES string of the molecule is CC(C)CC(=O)N1OC2(CCC2)CC1c1ncc(-c2ccc(Br)cc2)[nH]1. The van der Waals surface area contributed by atoms with E-state index in [-0.39, 0.29) is 17.6 Å². The second kappa shape index (κ2) is 6.82. The molecule has 26 heavy (non-hydrogen) atoms. The number of carbonyl (C=O) groups is 1. The first-order valence-electron chi connectivity index (χ1n) is 9.28. The van der Waals surface area contributed by atoms with E-state index >= 15 is 0 Å². The fourth-order valence-electron chi connectivity index (χ4n) is 3.77. The quantitative estimate of drug-likeness (QED) is 0.759. The molecule has 1 spiro atoms. The van der Waals surface area contributed by atoms with Gasteiger partial charge in [-0.05, 0) is 42.9 Å². The molecule has 2 heterocycles. The van der Waals surface area contributed by atoms with E-state index in [0.717, 1.165) is 40.8 Å². The molecule has 1 atom stereocenters.